The molecule has 1 N–H and O–H groups in total. The second-order valence-electron chi connectivity index (χ2n) is 5.54. The number of halogens is 1. The van der Waals surface area contributed by atoms with Crippen molar-refractivity contribution in [2.24, 2.45) is 5.10 Å². The second-order valence-corrected chi connectivity index (χ2v) is 6.34. The number of nitrogens with one attached hydrogen (secondary N) is 1. The Morgan fingerprint density at radius 3 is 2.77 bits per heavy atom. The summed E-state index contributed by atoms with van der Waals surface area (Å²) in [5.41, 5.74) is 2.84. The van der Waals surface area contributed by atoms with Gasteiger partial charge in [-0.3, -0.25) is 5.10 Å². The molecule has 26 heavy (non-hydrogen) atoms. The van der Waals surface area contributed by atoms with Crippen LogP contribution in [0.2, 0.25) is 5.02 Å². The van der Waals surface area contributed by atoms with E-state index in [2.05, 4.69) is 15.3 Å². The molecular weight excluding hydrogens is 372 g/mol. The quantitative estimate of drug-likeness (QED) is 0.503. The number of hydrogen-bond donors (Lipinski definition) is 1. The molecule has 1 aromatic heterocycles. The van der Waals surface area contributed by atoms with Crippen molar-refractivity contribution in [1.82, 2.24) is 14.9 Å². The number of aromatic nitrogens is 3. The Morgan fingerprint density at radius 2 is 2.08 bits per heavy atom. The minimum atomic E-state index is 0.318. The molecule has 0 aliphatic carbocycles. The van der Waals surface area contributed by atoms with Gasteiger partial charge in [-0.25, -0.2) is 0 Å². The second kappa shape index (κ2) is 8.16. The van der Waals surface area contributed by atoms with Gasteiger partial charge >= 0.3 is 0 Å². The van der Waals surface area contributed by atoms with Crippen LogP contribution in [-0.4, -0.2) is 28.2 Å². The molecule has 0 saturated heterocycles. The van der Waals surface area contributed by atoms with Gasteiger partial charge < -0.3 is 9.47 Å². The molecule has 0 spiro atoms. The molecule has 0 unspecified atom stereocenters. The molecule has 0 aliphatic rings. The zero-order chi connectivity index (χ0) is 18.5. The Labute approximate surface area is 161 Å². The molecule has 8 heteroatoms. The molecule has 3 aromatic rings. The van der Waals surface area contributed by atoms with Crippen LogP contribution < -0.4 is 9.47 Å². The number of hydrogen-bond acceptors (Lipinski definition) is 5. The molecule has 0 aliphatic heterocycles. The standard InChI is InChI=1S/C18H17ClN4O2S/c1-12-3-5-17(15(19)7-12)25-10-14-8-13(4-6-16(14)24-2)9-21-23-11-20-22-18(23)26/h3-9,11H,10H2,1-2H3,(H,22,26). The monoisotopic (exact) mass is 388 g/mol. The van der Waals surface area contributed by atoms with Crippen LogP contribution in [0, 0.1) is 11.7 Å². The van der Waals surface area contributed by atoms with Gasteiger partial charge in [0.2, 0.25) is 4.77 Å². The van der Waals surface area contributed by atoms with Crippen LogP contribution in [0.4, 0.5) is 0 Å². The van der Waals surface area contributed by atoms with Gasteiger partial charge in [-0.1, -0.05) is 17.7 Å². The van der Waals surface area contributed by atoms with E-state index in [0.717, 1.165) is 22.4 Å². The summed E-state index contributed by atoms with van der Waals surface area (Å²) in [6, 6.07) is 11.4. The number of methoxy groups -OCH3 is 1. The van der Waals surface area contributed by atoms with Crippen molar-refractivity contribution >= 4 is 30.0 Å². The number of aromatic amines is 1. The third-order valence-electron chi connectivity index (χ3n) is 3.64. The maximum absolute atomic E-state index is 6.22. The molecule has 0 fully saturated rings. The summed E-state index contributed by atoms with van der Waals surface area (Å²) in [6.45, 7) is 2.30. The lowest BCUT2D eigenvalue weighted by Gasteiger charge is -2.12. The number of benzene rings is 2. The summed E-state index contributed by atoms with van der Waals surface area (Å²) < 4.78 is 13.2. The fourth-order valence-corrected chi connectivity index (χ4v) is 2.76. The van der Waals surface area contributed by atoms with E-state index in [9.17, 15) is 0 Å². The number of nitrogens with zero attached hydrogens (tertiary/aromatic N) is 3. The van der Waals surface area contributed by atoms with E-state index in [-0.39, 0.29) is 0 Å². The van der Waals surface area contributed by atoms with Gasteiger partial charge in [-0.2, -0.15) is 14.9 Å². The smallest absolute Gasteiger partial charge is 0.216 e. The molecule has 3 rings (SSSR count). The van der Waals surface area contributed by atoms with Crippen molar-refractivity contribution < 1.29 is 9.47 Å². The van der Waals surface area contributed by atoms with E-state index in [1.807, 2.05) is 43.3 Å². The van der Waals surface area contributed by atoms with Crippen LogP contribution in [0.15, 0.2) is 47.8 Å². The first kappa shape index (κ1) is 18.2. The van der Waals surface area contributed by atoms with Crippen LogP contribution in [0.25, 0.3) is 0 Å². The lowest BCUT2D eigenvalue weighted by Crippen LogP contribution is -2.01. The van der Waals surface area contributed by atoms with Crippen LogP contribution >= 0.6 is 23.8 Å². The molecule has 0 bridgehead atoms. The van der Waals surface area contributed by atoms with Crippen LogP contribution in [-0.2, 0) is 6.61 Å². The van der Waals surface area contributed by atoms with Gasteiger partial charge in [0.1, 0.15) is 24.4 Å². The van der Waals surface area contributed by atoms with Crippen molar-refractivity contribution in [2.75, 3.05) is 7.11 Å². The number of H-pyrrole nitrogens is 1. The minimum Gasteiger partial charge on any atom is -0.496 e. The summed E-state index contributed by atoms with van der Waals surface area (Å²) in [5.74, 6) is 1.35. The van der Waals surface area contributed by atoms with Crippen LogP contribution in [0.3, 0.4) is 0 Å². The average molecular weight is 389 g/mol. The molecular formula is C18H17ClN4O2S. The molecule has 6 nitrogen and oxygen atoms in total. The highest BCUT2D eigenvalue weighted by Gasteiger charge is 2.07. The van der Waals surface area contributed by atoms with E-state index in [4.69, 9.17) is 33.3 Å². The van der Waals surface area contributed by atoms with E-state index >= 15 is 0 Å². The van der Waals surface area contributed by atoms with Crippen molar-refractivity contribution in [3.8, 4) is 11.5 Å². The Bertz CT molecular complexity index is 997. The Morgan fingerprint density at radius 1 is 1.27 bits per heavy atom. The minimum absolute atomic E-state index is 0.318. The van der Waals surface area contributed by atoms with E-state index < -0.39 is 0 Å². The SMILES string of the molecule is COc1ccc(C=Nn2cn[nH]c2=S)cc1COc1ccc(C)cc1Cl. The van der Waals surface area contributed by atoms with Crippen molar-refractivity contribution in [2.45, 2.75) is 13.5 Å². The summed E-state index contributed by atoms with van der Waals surface area (Å²) in [4.78, 5) is 0. The largest absolute Gasteiger partial charge is 0.496 e. The lowest BCUT2D eigenvalue weighted by molar-refractivity contribution is 0.297. The van der Waals surface area contributed by atoms with Gasteiger partial charge in [0.15, 0.2) is 0 Å². The molecule has 2 aromatic carbocycles. The van der Waals surface area contributed by atoms with Crippen molar-refractivity contribution in [3.63, 3.8) is 0 Å². The Hall–Kier alpha value is -2.64. The fraction of sp³-hybridized carbons (Fsp3) is 0.167. The van der Waals surface area contributed by atoms with Crippen LogP contribution in [0.5, 0.6) is 11.5 Å². The third-order valence-corrected chi connectivity index (χ3v) is 4.22. The number of aryl methyl sites for hydroxylation is 1. The zero-order valence-corrected chi connectivity index (χ0v) is 15.8. The zero-order valence-electron chi connectivity index (χ0n) is 14.3. The predicted molar refractivity (Wildman–Crippen MR) is 104 cm³/mol. The summed E-state index contributed by atoms with van der Waals surface area (Å²) in [5, 5.41) is 11.3. The first-order chi connectivity index (χ1) is 12.6. The van der Waals surface area contributed by atoms with Gasteiger partial charge in [0.05, 0.1) is 18.3 Å². The summed E-state index contributed by atoms with van der Waals surface area (Å²) in [7, 11) is 1.62. The topological polar surface area (TPSA) is 64.4 Å². The maximum Gasteiger partial charge on any atom is 0.216 e. The van der Waals surface area contributed by atoms with E-state index in [1.165, 1.54) is 11.0 Å². The van der Waals surface area contributed by atoms with Crippen LogP contribution in [0.1, 0.15) is 16.7 Å². The van der Waals surface area contributed by atoms with Crippen molar-refractivity contribution in [1.29, 1.82) is 0 Å². The first-order valence-corrected chi connectivity index (χ1v) is 8.57. The average Bonchev–Trinajstić information content (AvgIpc) is 3.04. The fourth-order valence-electron chi connectivity index (χ4n) is 2.32. The van der Waals surface area contributed by atoms with Gasteiger partial charge in [-0.05, 0) is 60.6 Å². The molecule has 134 valence electrons. The van der Waals surface area contributed by atoms with E-state index in [1.54, 1.807) is 13.3 Å². The van der Waals surface area contributed by atoms with Gasteiger partial charge in [0, 0.05) is 5.56 Å². The normalized spacial score (nSPS) is 11.0. The van der Waals surface area contributed by atoms with Crippen molar-refractivity contribution in [3.05, 3.63) is 69.2 Å². The van der Waals surface area contributed by atoms with E-state index in [0.29, 0.717) is 22.2 Å². The molecule has 1 heterocycles. The maximum atomic E-state index is 6.22. The Kier molecular flexibility index (Phi) is 5.70. The Balaban J connectivity index is 1.80. The summed E-state index contributed by atoms with van der Waals surface area (Å²) >= 11 is 11.3. The van der Waals surface area contributed by atoms with Gasteiger partial charge in [-0.15, -0.1) is 0 Å². The highest BCUT2D eigenvalue weighted by atomic mass is 35.5. The number of rotatable bonds is 6. The third kappa shape index (κ3) is 4.30. The highest BCUT2D eigenvalue weighted by Crippen LogP contribution is 2.27. The molecule has 0 radical (unpaired) electrons. The first-order valence-electron chi connectivity index (χ1n) is 7.79. The molecule has 0 amide bonds. The van der Waals surface area contributed by atoms with Gasteiger partial charge in [0.25, 0.3) is 0 Å². The lowest BCUT2D eigenvalue weighted by atomic mass is 10.1. The molecule has 0 saturated carbocycles. The predicted octanol–water partition coefficient (Wildman–Crippen LogP) is 4.37. The highest BCUT2D eigenvalue weighted by molar-refractivity contribution is 7.71. The molecule has 0 atom stereocenters. The number of ether oxygens (including phenoxy) is 2. The summed E-state index contributed by atoms with van der Waals surface area (Å²) in [6.07, 6.45) is 3.19.